The van der Waals surface area contributed by atoms with Gasteiger partial charge in [-0.3, -0.25) is 4.79 Å². The fourth-order valence-electron chi connectivity index (χ4n) is 2.81. The maximum Gasteiger partial charge on any atom is 0.264 e. The zero-order chi connectivity index (χ0) is 16.4. The Balaban J connectivity index is 1.66. The van der Waals surface area contributed by atoms with E-state index < -0.39 is 0 Å². The Morgan fingerprint density at radius 1 is 1.26 bits per heavy atom. The molecule has 0 spiro atoms. The molecule has 1 aliphatic heterocycles. The smallest absolute Gasteiger partial charge is 0.264 e. The van der Waals surface area contributed by atoms with Crippen LogP contribution in [0.2, 0.25) is 0 Å². The van der Waals surface area contributed by atoms with Crippen molar-refractivity contribution in [3.8, 4) is 5.75 Å². The molecule has 1 aliphatic rings. The van der Waals surface area contributed by atoms with E-state index in [0.29, 0.717) is 11.7 Å². The van der Waals surface area contributed by atoms with E-state index in [9.17, 15) is 4.79 Å². The van der Waals surface area contributed by atoms with E-state index in [1.807, 2.05) is 35.2 Å². The average molecular weight is 374 g/mol. The summed E-state index contributed by atoms with van der Waals surface area (Å²) in [5, 5.41) is 0. The van der Waals surface area contributed by atoms with Crippen LogP contribution in [0.25, 0.3) is 0 Å². The summed E-state index contributed by atoms with van der Waals surface area (Å²) in [7, 11) is 0. The Kier molecular flexibility index (Phi) is 4.71. The first kappa shape index (κ1) is 16.1. The summed E-state index contributed by atoms with van der Waals surface area (Å²) in [6.07, 6.45) is 0.911. The number of rotatable bonds is 4. The number of ether oxygens (including phenoxy) is 1. The lowest BCUT2D eigenvalue weighted by Gasteiger charge is -2.18. The first-order valence-electron chi connectivity index (χ1n) is 7.87. The Morgan fingerprint density at radius 3 is 2.78 bits per heavy atom. The van der Waals surface area contributed by atoms with Gasteiger partial charge in [0.15, 0.2) is 6.61 Å². The van der Waals surface area contributed by atoms with Crippen molar-refractivity contribution < 1.29 is 9.53 Å². The topological polar surface area (TPSA) is 29.5 Å². The van der Waals surface area contributed by atoms with Crippen LogP contribution in [0, 0.1) is 0 Å². The van der Waals surface area contributed by atoms with Gasteiger partial charge in [0, 0.05) is 12.2 Å². The molecule has 0 atom stereocenters. The van der Waals surface area contributed by atoms with Crippen molar-refractivity contribution in [1.82, 2.24) is 0 Å². The summed E-state index contributed by atoms with van der Waals surface area (Å²) >= 11 is 3.52. The van der Waals surface area contributed by atoms with Crippen LogP contribution >= 0.6 is 15.9 Å². The van der Waals surface area contributed by atoms with E-state index in [2.05, 4.69) is 41.9 Å². The monoisotopic (exact) mass is 373 g/mol. The number of fused-ring (bicyclic) bond motifs is 1. The molecule has 0 saturated heterocycles. The summed E-state index contributed by atoms with van der Waals surface area (Å²) in [5.41, 5.74) is 3.47. The lowest BCUT2D eigenvalue weighted by Crippen LogP contribution is -2.33. The Hall–Kier alpha value is -1.81. The molecular weight excluding hydrogens is 354 g/mol. The van der Waals surface area contributed by atoms with Gasteiger partial charge < -0.3 is 9.64 Å². The highest BCUT2D eigenvalue weighted by Crippen LogP contribution is 2.30. The van der Waals surface area contributed by atoms with Gasteiger partial charge in [0.05, 0.1) is 4.47 Å². The molecule has 4 heteroatoms. The molecule has 1 amide bonds. The molecule has 0 aromatic heterocycles. The molecule has 0 fully saturated rings. The van der Waals surface area contributed by atoms with Crippen LogP contribution in [0.3, 0.4) is 0 Å². The maximum absolute atomic E-state index is 12.5. The molecule has 0 saturated carbocycles. The third-order valence-corrected chi connectivity index (χ3v) is 4.78. The van der Waals surface area contributed by atoms with Crippen LogP contribution < -0.4 is 9.64 Å². The number of carbonyl (C=O) groups is 1. The van der Waals surface area contributed by atoms with E-state index in [4.69, 9.17) is 4.74 Å². The highest BCUT2D eigenvalue weighted by Gasteiger charge is 2.24. The zero-order valence-corrected chi connectivity index (χ0v) is 15.0. The quantitative estimate of drug-likeness (QED) is 0.786. The molecule has 1 heterocycles. The number of amides is 1. The van der Waals surface area contributed by atoms with Crippen molar-refractivity contribution in [2.24, 2.45) is 0 Å². The van der Waals surface area contributed by atoms with E-state index in [1.54, 1.807) is 0 Å². The highest BCUT2D eigenvalue weighted by atomic mass is 79.9. The fraction of sp³-hybridized carbons (Fsp3) is 0.316. The summed E-state index contributed by atoms with van der Waals surface area (Å²) < 4.78 is 6.61. The number of anilines is 1. The van der Waals surface area contributed by atoms with Gasteiger partial charge in [-0.05, 0) is 57.6 Å². The summed E-state index contributed by atoms with van der Waals surface area (Å²) in [4.78, 5) is 14.3. The number of carbonyl (C=O) groups excluding carboxylic acids is 1. The third kappa shape index (κ3) is 3.42. The standard InChI is InChI=1S/C19H20BrNO2/c1-13(2)15-7-8-18(16(20)11-15)23-12-19(22)21-10-9-14-5-3-4-6-17(14)21/h3-8,11,13H,9-10,12H2,1-2H3. The molecule has 0 N–H and O–H groups in total. The molecule has 2 aromatic rings. The summed E-state index contributed by atoms with van der Waals surface area (Å²) in [6.45, 7) is 5.08. The molecule has 0 radical (unpaired) electrons. The second kappa shape index (κ2) is 6.75. The molecule has 3 rings (SSSR count). The lowest BCUT2D eigenvalue weighted by atomic mass is 10.0. The van der Waals surface area contributed by atoms with E-state index in [1.165, 1.54) is 11.1 Å². The second-order valence-corrected chi connectivity index (χ2v) is 6.91. The van der Waals surface area contributed by atoms with Gasteiger partial charge in [-0.1, -0.05) is 38.1 Å². The normalized spacial score (nSPS) is 13.3. The summed E-state index contributed by atoms with van der Waals surface area (Å²) in [5.74, 6) is 1.16. The minimum absolute atomic E-state index is 0.00483. The lowest BCUT2D eigenvalue weighted by molar-refractivity contribution is -0.120. The molecule has 0 bridgehead atoms. The van der Waals surface area contributed by atoms with Crippen LogP contribution in [0.15, 0.2) is 46.9 Å². The van der Waals surface area contributed by atoms with Crippen molar-refractivity contribution in [2.75, 3.05) is 18.1 Å². The molecule has 0 unspecified atom stereocenters. The van der Waals surface area contributed by atoms with Gasteiger partial charge in [-0.25, -0.2) is 0 Å². The van der Waals surface area contributed by atoms with Crippen LogP contribution in [0.5, 0.6) is 5.75 Å². The zero-order valence-electron chi connectivity index (χ0n) is 13.4. The molecule has 0 aliphatic carbocycles. The Morgan fingerprint density at radius 2 is 2.04 bits per heavy atom. The number of hydrogen-bond donors (Lipinski definition) is 0. The van der Waals surface area contributed by atoms with Crippen molar-refractivity contribution in [3.05, 3.63) is 58.1 Å². The number of hydrogen-bond acceptors (Lipinski definition) is 2. The van der Waals surface area contributed by atoms with Crippen LogP contribution in [0.1, 0.15) is 30.9 Å². The van der Waals surface area contributed by atoms with Crippen LogP contribution in [-0.4, -0.2) is 19.1 Å². The Bertz CT molecular complexity index is 727. The molecule has 3 nitrogen and oxygen atoms in total. The molecular formula is C19H20BrNO2. The van der Waals surface area contributed by atoms with Crippen LogP contribution in [0.4, 0.5) is 5.69 Å². The van der Waals surface area contributed by atoms with Crippen molar-refractivity contribution in [2.45, 2.75) is 26.2 Å². The van der Waals surface area contributed by atoms with Gasteiger partial charge in [-0.2, -0.15) is 0 Å². The molecule has 2 aromatic carbocycles. The van der Waals surface area contributed by atoms with Crippen molar-refractivity contribution in [1.29, 1.82) is 0 Å². The predicted octanol–water partition coefficient (Wildman–Crippen LogP) is 4.54. The van der Waals surface area contributed by atoms with Gasteiger partial charge in [0.1, 0.15) is 5.75 Å². The van der Waals surface area contributed by atoms with Crippen molar-refractivity contribution in [3.63, 3.8) is 0 Å². The largest absolute Gasteiger partial charge is 0.483 e. The van der Waals surface area contributed by atoms with Gasteiger partial charge >= 0.3 is 0 Å². The fourth-order valence-corrected chi connectivity index (χ4v) is 3.32. The minimum atomic E-state index is -0.00483. The second-order valence-electron chi connectivity index (χ2n) is 6.06. The number of halogens is 1. The van der Waals surface area contributed by atoms with E-state index in [0.717, 1.165) is 23.1 Å². The van der Waals surface area contributed by atoms with Crippen molar-refractivity contribution >= 4 is 27.5 Å². The number of nitrogens with zero attached hydrogens (tertiary/aromatic N) is 1. The predicted molar refractivity (Wildman–Crippen MR) is 96.2 cm³/mol. The van der Waals surface area contributed by atoms with Crippen LogP contribution in [-0.2, 0) is 11.2 Å². The van der Waals surface area contributed by atoms with E-state index >= 15 is 0 Å². The SMILES string of the molecule is CC(C)c1ccc(OCC(=O)N2CCc3ccccc32)c(Br)c1. The summed E-state index contributed by atoms with van der Waals surface area (Å²) in [6, 6.07) is 14.1. The van der Waals surface area contributed by atoms with Gasteiger partial charge in [0.2, 0.25) is 0 Å². The number of benzene rings is 2. The minimum Gasteiger partial charge on any atom is -0.483 e. The average Bonchev–Trinajstić information content (AvgIpc) is 2.97. The first-order valence-corrected chi connectivity index (χ1v) is 8.66. The number of para-hydroxylation sites is 1. The van der Waals surface area contributed by atoms with Gasteiger partial charge in [0.25, 0.3) is 5.91 Å². The first-order chi connectivity index (χ1) is 11.1. The third-order valence-electron chi connectivity index (χ3n) is 4.16. The maximum atomic E-state index is 12.5. The van der Waals surface area contributed by atoms with Gasteiger partial charge in [-0.15, -0.1) is 0 Å². The van der Waals surface area contributed by atoms with E-state index in [-0.39, 0.29) is 12.5 Å². The molecule has 120 valence electrons. The highest BCUT2D eigenvalue weighted by molar-refractivity contribution is 9.10. The Labute approximate surface area is 145 Å². The molecule has 23 heavy (non-hydrogen) atoms.